The molecule has 3 N–H and O–H groups in total. The van der Waals surface area contributed by atoms with Crippen molar-refractivity contribution in [1.82, 2.24) is 10.2 Å². The largest absolute Gasteiger partial charge is 0.356 e. The molecule has 1 fully saturated rings. The van der Waals surface area contributed by atoms with E-state index in [1.807, 2.05) is 0 Å². The Morgan fingerprint density at radius 2 is 1.75 bits per heavy atom. The van der Waals surface area contributed by atoms with Crippen molar-refractivity contribution >= 4 is 5.91 Å². The Morgan fingerprint density at radius 3 is 2.25 bits per heavy atom. The zero-order valence-electron chi connectivity index (χ0n) is 13.7. The van der Waals surface area contributed by atoms with E-state index in [1.165, 1.54) is 12.8 Å². The molecule has 0 saturated heterocycles. The summed E-state index contributed by atoms with van der Waals surface area (Å²) >= 11 is 0. The molecule has 0 aromatic rings. The third kappa shape index (κ3) is 6.71. The molecule has 4 heteroatoms. The van der Waals surface area contributed by atoms with Crippen LogP contribution in [0.1, 0.15) is 46.0 Å². The molecule has 0 atom stereocenters. The van der Waals surface area contributed by atoms with Gasteiger partial charge in [-0.3, -0.25) is 4.79 Å². The Hall–Kier alpha value is -0.610. The number of rotatable bonds is 7. The van der Waals surface area contributed by atoms with E-state index in [4.69, 9.17) is 5.73 Å². The molecular formula is C16H33N3O. The second-order valence-corrected chi connectivity index (χ2v) is 7.51. The second kappa shape index (κ2) is 7.99. The molecule has 4 nitrogen and oxygen atoms in total. The van der Waals surface area contributed by atoms with E-state index in [0.29, 0.717) is 18.3 Å². The number of nitrogens with two attached hydrogens (primary N) is 1. The van der Waals surface area contributed by atoms with Gasteiger partial charge in [0, 0.05) is 19.5 Å². The highest BCUT2D eigenvalue weighted by Gasteiger charge is 2.24. The van der Waals surface area contributed by atoms with Crippen LogP contribution in [0, 0.1) is 17.3 Å². The van der Waals surface area contributed by atoms with E-state index in [1.54, 1.807) is 0 Å². The predicted octanol–water partition coefficient (Wildman–Crippen LogP) is 1.85. The third-order valence-electron chi connectivity index (χ3n) is 4.28. The van der Waals surface area contributed by atoms with Gasteiger partial charge in [-0.15, -0.1) is 0 Å². The van der Waals surface area contributed by atoms with Gasteiger partial charge >= 0.3 is 0 Å². The number of hydrogen-bond donors (Lipinski definition) is 2. The van der Waals surface area contributed by atoms with Crippen molar-refractivity contribution in [3.05, 3.63) is 0 Å². The number of carbonyl (C=O) groups excluding carboxylic acids is 1. The number of carbonyl (C=O) groups is 1. The first-order valence-corrected chi connectivity index (χ1v) is 7.94. The number of nitrogens with zero attached hydrogens (tertiary/aromatic N) is 1. The summed E-state index contributed by atoms with van der Waals surface area (Å²) in [5.74, 6) is 1.47. The molecule has 0 spiro atoms. The van der Waals surface area contributed by atoms with Crippen LogP contribution in [-0.2, 0) is 4.79 Å². The topological polar surface area (TPSA) is 58.4 Å². The maximum absolute atomic E-state index is 12.0. The fraction of sp³-hybridized carbons (Fsp3) is 0.938. The van der Waals surface area contributed by atoms with E-state index in [9.17, 15) is 4.79 Å². The SMILES string of the molecule is CN(C)CC(C)(C)CNC(=O)CC1CCC(CN)CC1. The van der Waals surface area contributed by atoms with Crippen molar-refractivity contribution < 1.29 is 4.79 Å². The van der Waals surface area contributed by atoms with Gasteiger partial charge in [0.1, 0.15) is 0 Å². The standard InChI is InChI=1S/C16H33N3O/c1-16(2,12-19(3)4)11-18-15(20)9-13-5-7-14(10-17)8-6-13/h13-14H,5-12,17H2,1-4H3,(H,18,20). The fourth-order valence-corrected chi connectivity index (χ4v) is 3.26. The van der Waals surface area contributed by atoms with Gasteiger partial charge in [-0.05, 0) is 63.6 Å². The molecule has 20 heavy (non-hydrogen) atoms. The lowest BCUT2D eigenvalue weighted by molar-refractivity contribution is -0.122. The minimum Gasteiger partial charge on any atom is -0.356 e. The van der Waals surface area contributed by atoms with Crippen molar-refractivity contribution in [2.24, 2.45) is 23.0 Å². The number of nitrogens with one attached hydrogen (secondary N) is 1. The van der Waals surface area contributed by atoms with Crippen molar-refractivity contribution in [3.63, 3.8) is 0 Å². The molecule has 1 aliphatic carbocycles. The molecule has 0 aromatic heterocycles. The molecule has 0 aromatic carbocycles. The molecular weight excluding hydrogens is 250 g/mol. The van der Waals surface area contributed by atoms with Crippen LogP contribution in [0.3, 0.4) is 0 Å². The Bertz CT molecular complexity index is 294. The first-order valence-electron chi connectivity index (χ1n) is 7.94. The molecule has 0 bridgehead atoms. The minimum absolute atomic E-state index is 0.121. The maximum Gasteiger partial charge on any atom is 0.220 e. The molecule has 118 valence electrons. The van der Waals surface area contributed by atoms with E-state index in [-0.39, 0.29) is 11.3 Å². The summed E-state index contributed by atoms with van der Waals surface area (Å²) in [6, 6.07) is 0. The average Bonchev–Trinajstić information content (AvgIpc) is 2.36. The van der Waals surface area contributed by atoms with Crippen molar-refractivity contribution in [2.75, 3.05) is 33.7 Å². The zero-order valence-corrected chi connectivity index (χ0v) is 13.7. The second-order valence-electron chi connectivity index (χ2n) is 7.51. The van der Waals surface area contributed by atoms with Gasteiger partial charge in [-0.2, -0.15) is 0 Å². The van der Waals surface area contributed by atoms with Crippen LogP contribution in [0.2, 0.25) is 0 Å². The molecule has 1 rings (SSSR count). The number of hydrogen-bond acceptors (Lipinski definition) is 3. The summed E-state index contributed by atoms with van der Waals surface area (Å²) in [4.78, 5) is 14.2. The monoisotopic (exact) mass is 283 g/mol. The van der Waals surface area contributed by atoms with E-state index in [0.717, 1.165) is 32.5 Å². The van der Waals surface area contributed by atoms with Crippen LogP contribution in [0.5, 0.6) is 0 Å². The van der Waals surface area contributed by atoms with Gasteiger partial charge in [0.05, 0.1) is 0 Å². The molecule has 1 aliphatic rings. The first-order chi connectivity index (χ1) is 9.32. The van der Waals surface area contributed by atoms with Gasteiger partial charge in [0.25, 0.3) is 0 Å². The molecule has 0 aliphatic heterocycles. The van der Waals surface area contributed by atoms with E-state index in [2.05, 4.69) is 38.2 Å². The number of amides is 1. The molecule has 1 amide bonds. The predicted molar refractivity (Wildman–Crippen MR) is 84.5 cm³/mol. The Morgan fingerprint density at radius 1 is 1.20 bits per heavy atom. The van der Waals surface area contributed by atoms with Crippen molar-refractivity contribution in [3.8, 4) is 0 Å². The highest BCUT2D eigenvalue weighted by Crippen LogP contribution is 2.30. The zero-order chi connectivity index (χ0) is 15.2. The minimum atomic E-state index is 0.121. The lowest BCUT2D eigenvalue weighted by Crippen LogP contribution is -2.40. The Labute approximate surface area is 124 Å². The lowest BCUT2D eigenvalue weighted by atomic mass is 9.80. The van der Waals surface area contributed by atoms with Gasteiger partial charge in [0.15, 0.2) is 0 Å². The Balaban J connectivity index is 2.24. The van der Waals surface area contributed by atoms with Crippen LogP contribution in [0.4, 0.5) is 0 Å². The van der Waals surface area contributed by atoms with Gasteiger partial charge in [-0.1, -0.05) is 13.8 Å². The highest BCUT2D eigenvalue weighted by atomic mass is 16.1. The van der Waals surface area contributed by atoms with Crippen LogP contribution in [0.15, 0.2) is 0 Å². The molecule has 0 heterocycles. The molecule has 0 unspecified atom stereocenters. The average molecular weight is 283 g/mol. The molecule has 0 radical (unpaired) electrons. The summed E-state index contributed by atoms with van der Waals surface area (Å²) in [6.45, 7) is 6.92. The fourth-order valence-electron chi connectivity index (χ4n) is 3.26. The molecule has 1 saturated carbocycles. The lowest BCUT2D eigenvalue weighted by Gasteiger charge is -2.30. The van der Waals surface area contributed by atoms with Crippen molar-refractivity contribution in [1.29, 1.82) is 0 Å². The van der Waals surface area contributed by atoms with Crippen LogP contribution >= 0.6 is 0 Å². The van der Waals surface area contributed by atoms with Gasteiger partial charge in [0.2, 0.25) is 5.91 Å². The summed E-state index contributed by atoms with van der Waals surface area (Å²) in [5.41, 5.74) is 5.82. The normalized spacial score (nSPS) is 23.9. The first kappa shape index (κ1) is 17.4. The highest BCUT2D eigenvalue weighted by molar-refractivity contribution is 5.76. The quantitative estimate of drug-likeness (QED) is 0.749. The smallest absolute Gasteiger partial charge is 0.220 e. The van der Waals surface area contributed by atoms with Crippen LogP contribution in [0.25, 0.3) is 0 Å². The Kier molecular flexibility index (Phi) is 6.96. The van der Waals surface area contributed by atoms with Gasteiger partial charge in [-0.25, -0.2) is 0 Å². The van der Waals surface area contributed by atoms with E-state index < -0.39 is 0 Å². The van der Waals surface area contributed by atoms with Crippen LogP contribution < -0.4 is 11.1 Å². The van der Waals surface area contributed by atoms with E-state index >= 15 is 0 Å². The van der Waals surface area contributed by atoms with Crippen LogP contribution in [-0.4, -0.2) is 44.5 Å². The summed E-state index contributed by atoms with van der Waals surface area (Å²) < 4.78 is 0. The van der Waals surface area contributed by atoms with Gasteiger partial charge < -0.3 is 16.0 Å². The maximum atomic E-state index is 12.0. The van der Waals surface area contributed by atoms with Crippen molar-refractivity contribution in [2.45, 2.75) is 46.0 Å². The summed E-state index contributed by atoms with van der Waals surface area (Å²) in [6.07, 6.45) is 5.41. The summed E-state index contributed by atoms with van der Waals surface area (Å²) in [5, 5.41) is 3.11. The third-order valence-corrected chi connectivity index (χ3v) is 4.28. The summed E-state index contributed by atoms with van der Waals surface area (Å²) in [7, 11) is 4.14.